The van der Waals surface area contributed by atoms with Crippen LogP contribution in [0.2, 0.25) is 0 Å². The summed E-state index contributed by atoms with van der Waals surface area (Å²) >= 11 is 0. The van der Waals surface area contributed by atoms with Crippen molar-refractivity contribution in [1.29, 1.82) is 0 Å². The molecular weight excluding hydrogens is 288 g/mol. The molecule has 1 aromatic heterocycles. The molecule has 1 atom stereocenters. The first-order valence-corrected chi connectivity index (χ1v) is 6.11. The van der Waals surface area contributed by atoms with Crippen molar-refractivity contribution in [2.75, 3.05) is 0 Å². The van der Waals surface area contributed by atoms with Gasteiger partial charge in [-0.1, -0.05) is 0 Å². The van der Waals surface area contributed by atoms with E-state index < -0.39 is 23.6 Å². The summed E-state index contributed by atoms with van der Waals surface area (Å²) in [7, 11) is 1.71. The zero-order chi connectivity index (χ0) is 15.6. The van der Waals surface area contributed by atoms with Crippen molar-refractivity contribution in [3.05, 3.63) is 53.1 Å². The van der Waals surface area contributed by atoms with Gasteiger partial charge in [0.25, 0.3) is 0 Å². The minimum atomic E-state index is -4.53. The first kappa shape index (κ1) is 15.5. The van der Waals surface area contributed by atoms with Gasteiger partial charge in [-0.2, -0.15) is 18.3 Å². The topological polar surface area (TPSA) is 55.9 Å². The summed E-state index contributed by atoms with van der Waals surface area (Å²) in [4.78, 5) is 0. The van der Waals surface area contributed by atoms with Gasteiger partial charge in [-0.3, -0.25) is 16.0 Å². The average molecular weight is 302 g/mol. The maximum atomic E-state index is 13.8. The van der Waals surface area contributed by atoms with Crippen LogP contribution in [0.5, 0.6) is 0 Å². The van der Waals surface area contributed by atoms with Gasteiger partial charge in [-0.25, -0.2) is 4.39 Å². The fraction of sp³-hybridized carbons (Fsp3) is 0.308. The van der Waals surface area contributed by atoms with Gasteiger partial charge in [0.1, 0.15) is 5.82 Å². The van der Waals surface area contributed by atoms with Gasteiger partial charge in [0.05, 0.1) is 17.8 Å². The molecule has 0 saturated carbocycles. The number of hydrazine groups is 1. The molecule has 2 rings (SSSR count). The number of aryl methyl sites for hydroxylation is 1. The van der Waals surface area contributed by atoms with Crippen LogP contribution in [-0.2, 0) is 19.6 Å². The Kier molecular flexibility index (Phi) is 4.29. The molecule has 0 aliphatic heterocycles. The van der Waals surface area contributed by atoms with E-state index in [-0.39, 0.29) is 12.0 Å². The number of hydrogen-bond donors (Lipinski definition) is 2. The van der Waals surface area contributed by atoms with Crippen LogP contribution in [0, 0.1) is 5.82 Å². The highest BCUT2D eigenvalue weighted by Crippen LogP contribution is 2.32. The first-order chi connectivity index (χ1) is 9.81. The maximum Gasteiger partial charge on any atom is 0.416 e. The van der Waals surface area contributed by atoms with Crippen LogP contribution in [0.1, 0.15) is 22.7 Å². The normalized spacial score (nSPS) is 13.4. The monoisotopic (exact) mass is 302 g/mol. The molecule has 3 N–H and O–H groups in total. The van der Waals surface area contributed by atoms with E-state index in [0.717, 1.165) is 17.7 Å². The summed E-state index contributed by atoms with van der Waals surface area (Å²) in [6.07, 6.45) is -1.07. The Balaban J connectivity index is 2.33. The molecule has 0 aliphatic carbocycles. The Morgan fingerprint density at radius 1 is 1.38 bits per heavy atom. The second-order valence-corrected chi connectivity index (χ2v) is 4.68. The largest absolute Gasteiger partial charge is 0.416 e. The second kappa shape index (κ2) is 5.82. The molecule has 114 valence electrons. The summed E-state index contributed by atoms with van der Waals surface area (Å²) < 4.78 is 53.5. The molecule has 0 radical (unpaired) electrons. The summed E-state index contributed by atoms with van der Waals surface area (Å²) in [6.45, 7) is 0. The predicted octanol–water partition coefficient (Wildman–Crippen LogP) is 2.33. The lowest BCUT2D eigenvalue weighted by atomic mass is 9.98. The van der Waals surface area contributed by atoms with Gasteiger partial charge in [0.15, 0.2) is 0 Å². The van der Waals surface area contributed by atoms with E-state index in [4.69, 9.17) is 5.84 Å². The average Bonchev–Trinajstić information content (AvgIpc) is 2.81. The van der Waals surface area contributed by atoms with E-state index in [1.165, 1.54) is 0 Å². The lowest BCUT2D eigenvalue weighted by molar-refractivity contribution is -0.137. The molecule has 21 heavy (non-hydrogen) atoms. The summed E-state index contributed by atoms with van der Waals surface area (Å²) in [5, 5.41) is 3.95. The molecule has 0 amide bonds. The van der Waals surface area contributed by atoms with Crippen LogP contribution in [0.15, 0.2) is 30.6 Å². The van der Waals surface area contributed by atoms with E-state index >= 15 is 0 Å². The molecule has 0 aliphatic rings. The van der Waals surface area contributed by atoms with Gasteiger partial charge in [-0.15, -0.1) is 0 Å². The van der Waals surface area contributed by atoms with Crippen LogP contribution < -0.4 is 11.3 Å². The lowest BCUT2D eigenvalue weighted by Gasteiger charge is -2.18. The van der Waals surface area contributed by atoms with Gasteiger partial charge >= 0.3 is 6.18 Å². The number of alkyl halides is 3. The van der Waals surface area contributed by atoms with Gasteiger partial charge in [0, 0.05) is 18.8 Å². The molecule has 1 unspecified atom stereocenters. The summed E-state index contributed by atoms with van der Waals surface area (Å²) in [5.41, 5.74) is 2.04. The molecular formula is C13H14F4N4. The van der Waals surface area contributed by atoms with Crippen molar-refractivity contribution in [1.82, 2.24) is 15.2 Å². The Labute approximate surface area is 118 Å². The summed E-state index contributed by atoms with van der Waals surface area (Å²) in [6, 6.07) is 1.50. The third-order valence-corrected chi connectivity index (χ3v) is 3.10. The highest BCUT2D eigenvalue weighted by Gasteiger charge is 2.32. The van der Waals surface area contributed by atoms with Crippen LogP contribution in [0.25, 0.3) is 0 Å². The molecule has 1 aromatic carbocycles. The zero-order valence-corrected chi connectivity index (χ0v) is 11.2. The van der Waals surface area contributed by atoms with Crippen LogP contribution in [-0.4, -0.2) is 9.78 Å². The van der Waals surface area contributed by atoms with Crippen molar-refractivity contribution in [3.63, 3.8) is 0 Å². The lowest BCUT2D eigenvalue weighted by Crippen LogP contribution is -2.30. The van der Waals surface area contributed by atoms with Crippen LogP contribution >= 0.6 is 0 Å². The highest BCUT2D eigenvalue weighted by molar-refractivity contribution is 5.30. The minimum Gasteiger partial charge on any atom is -0.276 e. The number of nitrogens with one attached hydrogen (secondary N) is 1. The van der Waals surface area contributed by atoms with Gasteiger partial charge in [-0.05, 0) is 30.2 Å². The first-order valence-electron chi connectivity index (χ1n) is 6.11. The standard InChI is InChI=1S/C13H14F4N4/c1-21-7-8(6-19-21)4-12(20-18)10-5-9(13(15,16)17)2-3-11(10)14/h2-3,5-7,12,20H,4,18H2,1H3. The third-order valence-electron chi connectivity index (χ3n) is 3.10. The van der Waals surface area contributed by atoms with Crippen molar-refractivity contribution >= 4 is 0 Å². The number of hydrogen-bond acceptors (Lipinski definition) is 3. The maximum absolute atomic E-state index is 13.8. The zero-order valence-electron chi connectivity index (χ0n) is 11.2. The van der Waals surface area contributed by atoms with Crippen molar-refractivity contribution in [2.45, 2.75) is 18.6 Å². The summed E-state index contributed by atoms with van der Waals surface area (Å²) in [5.74, 6) is 4.62. The Hall–Kier alpha value is -1.93. The second-order valence-electron chi connectivity index (χ2n) is 4.68. The minimum absolute atomic E-state index is 0.129. The molecule has 0 saturated heterocycles. The number of halogens is 4. The van der Waals surface area contributed by atoms with E-state index in [0.29, 0.717) is 6.07 Å². The van der Waals surface area contributed by atoms with Crippen molar-refractivity contribution in [3.8, 4) is 0 Å². The number of aromatic nitrogens is 2. The van der Waals surface area contributed by atoms with Crippen molar-refractivity contribution < 1.29 is 17.6 Å². The Morgan fingerprint density at radius 3 is 2.62 bits per heavy atom. The number of benzene rings is 1. The molecule has 1 heterocycles. The van der Waals surface area contributed by atoms with E-state index in [9.17, 15) is 17.6 Å². The Morgan fingerprint density at radius 2 is 2.10 bits per heavy atom. The molecule has 0 fully saturated rings. The van der Waals surface area contributed by atoms with Crippen LogP contribution in [0.3, 0.4) is 0 Å². The third kappa shape index (κ3) is 3.59. The Bertz CT molecular complexity index is 621. The number of nitrogens with two attached hydrogens (primary N) is 1. The smallest absolute Gasteiger partial charge is 0.276 e. The number of rotatable bonds is 4. The van der Waals surface area contributed by atoms with Gasteiger partial charge < -0.3 is 0 Å². The molecule has 0 bridgehead atoms. The number of nitrogens with zero attached hydrogens (tertiary/aromatic N) is 2. The van der Waals surface area contributed by atoms with Crippen molar-refractivity contribution in [2.24, 2.45) is 12.9 Å². The fourth-order valence-electron chi connectivity index (χ4n) is 2.06. The fourth-order valence-corrected chi connectivity index (χ4v) is 2.06. The van der Waals surface area contributed by atoms with E-state index in [1.807, 2.05) is 0 Å². The molecule has 0 spiro atoms. The highest BCUT2D eigenvalue weighted by atomic mass is 19.4. The molecule has 4 nitrogen and oxygen atoms in total. The molecule has 2 aromatic rings. The quantitative estimate of drug-likeness (QED) is 0.518. The van der Waals surface area contributed by atoms with Crippen LogP contribution in [0.4, 0.5) is 17.6 Å². The van der Waals surface area contributed by atoms with E-state index in [2.05, 4.69) is 10.5 Å². The molecule has 8 heteroatoms. The SMILES string of the molecule is Cn1cc(CC(NN)c2cc(C(F)(F)F)ccc2F)cn1. The van der Waals surface area contributed by atoms with Gasteiger partial charge in [0.2, 0.25) is 0 Å². The van der Waals surface area contributed by atoms with E-state index in [1.54, 1.807) is 24.1 Å². The predicted molar refractivity (Wildman–Crippen MR) is 68.4 cm³/mol.